The molecule has 0 amide bonds. The number of nitro groups is 1. The summed E-state index contributed by atoms with van der Waals surface area (Å²) >= 11 is 5.93. The van der Waals surface area contributed by atoms with Crippen molar-refractivity contribution in [3.63, 3.8) is 0 Å². The second-order valence-electron chi connectivity index (χ2n) is 5.45. The smallest absolute Gasteiger partial charge is 0.337 e. The van der Waals surface area contributed by atoms with E-state index in [2.05, 4.69) is 0 Å². The standard InChI is InChI=1S/C18H13ClN2O4/c1-11-16(18(22)23)10-17(12-2-6-15(7-3-12)21(24)25)20(11)14-8-4-13(19)5-9-14/h2-10H,1H3,(H,22,23). The normalized spacial score (nSPS) is 10.6. The van der Waals surface area contributed by atoms with Gasteiger partial charge in [0.25, 0.3) is 5.69 Å². The molecule has 0 aliphatic heterocycles. The lowest BCUT2D eigenvalue weighted by molar-refractivity contribution is -0.384. The van der Waals surface area contributed by atoms with E-state index in [0.29, 0.717) is 22.0 Å². The van der Waals surface area contributed by atoms with Crippen LogP contribution in [-0.4, -0.2) is 20.6 Å². The molecule has 0 atom stereocenters. The van der Waals surface area contributed by atoms with Crippen LogP contribution >= 0.6 is 11.6 Å². The van der Waals surface area contributed by atoms with E-state index in [9.17, 15) is 20.0 Å². The van der Waals surface area contributed by atoms with Crippen molar-refractivity contribution in [3.8, 4) is 16.9 Å². The highest BCUT2D eigenvalue weighted by Crippen LogP contribution is 2.31. The number of aromatic nitrogens is 1. The summed E-state index contributed by atoms with van der Waals surface area (Å²) in [6, 6.07) is 14.6. The number of carbonyl (C=O) groups is 1. The number of nitro benzene ring substituents is 1. The minimum Gasteiger partial charge on any atom is -0.478 e. The molecule has 0 radical (unpaired) electrons. The summed E-state index contributed by atoms with van der Waals surface area (Å²) < 4.78 is 1.79. The van der Waals surface area contributed by atoms with E-state index in [0.717, 1.165) is 5.69 Å². The Bertz CT molecular complexity index is 960. The number of hydrogen-bond donors (Lipinski definition) is 1. The molecule has 3 aromatic rings. The van der Waals surface area contributed by atoms with Crippen molar-refractivity contribution in [2.75, 3.05) is 0 Å². The van der Waals surface area contributed by atoms with Crippen molar-refractivity contribution in [2.24, 2.45) is 0 Å². The van der Waals surface area contributed by atoms with E-state index in [1.165, 1.54) is 12.1 Å². The molecular formula is C18H13ClN2O4. The predicted molar refractivity (Wildman–Crippen MR) is 94.6 cm³/mol. The van der Waals surface area contributed by atoms with Crippen LogP contribution in [0.2, 0.25) is 5.02 Å². The molecule has 1 aromatic heterocycles. The zero-order valence-electron chi connectivity index (χ0n) is 13.1. The van der Waals surface area contributed by atoms with E-state index in [1.807, 2.05) is 0 Å². The van der Waals surface area contributed by atoms with E-state index >= 15 is 0 Å². The van der Waals surface area contributed by atoms with Crippen LogP contribution in [0.5, 0.6) is 0 Å². The average Bonchev–Trinajstić information content (AvgIpc) is 2.93. The van der Waals surface area contributed by atoms with Gasteiger partial charge >= 0.3 is 5.97 Å². The van der Waals surface area contributed by atoms with Crippen LogP contribution in [-0.2, 0) is 0 Å². The fourth-order valence-corrected chi connectivity index (χ4v) is 2.84. The van der Waals surface area contributed by atoms with Crippen molar-refractivity contribution in [1.29, 1.82) is 0 Å². The molecule has 0 aliphatic carbocycles. The number of non-ortho nitro benzene ring substituents is 1. The van der Waals surface area contributed by atoms with Gasteiger partial charge in [0.15, 0.2) is 0 Å². The highest BCUT2D eigenvalue weighted by molar-refractivity contribution is 6.30. The third-order valence-corrected chi connectivity index (χ3v) is 4.19. The second kappa shape index (κ2) is 6.41. The first-order valence-electron chi connectivity index (χ1n) is 7.35. The van der Waals surface area contributed by atoms with Gasteiger partial charge in [-0.2, -0.15) is 0 Å². The number of nitrogens with zero attached hydrogens (tertiary/aromatic N) is 2. The van der Waals surface area contributed by atoms with E-state index in [-0.39, 0.29) is 11.3 Å². The molecule has 0 saturated heterocycles. The number of halogens is 1. The minimum atomic E-state index is -1.03. The maximum absolute atomic E-state index is 11.5. The van der Waals surface area contributed by atoms with Crippen molar-refractivity contribution >= 4 is 23.3 Å². The Balaban J connectivity index is 2.21. The van der Waals surface area contributed by atoms with Crippen LogP contribution in [0.3, 0.4) is 0 Å². The maximum Gasteiger partial charge on any atom is 0.337 e. The fourth-order valence-electron chi connectivity index (χ4n) is 2.71. The first-order chi connectivity index (χ1) is 11.9. The lowest BCUT2D eigenvalue weighted by Crippen LogP contribution is -2.02. The monoisotopic (exact) mass is 356 g/mol. The van der Waals surface area contributed by atoms with Crippen LogP contribution in [0.4, 0.5) is 5.69 Å². The molecule has 0 unspecified atom stereocenters. The lowest BCUT2D eigenvalue weighted by atomic mass is 10.1. The zero-order chi connectivity index (χ0) is 18.1. The van der Waals surface area contributed by atoms with Gasteiger partial charge in [-0.05, 0) is 55.0 Å². The number of hydrogen-bond acceptors (Lipinski definition) is 3. The maximum atomic E-state index is 11.5. The van der Waals surface area contributed by atoms with Crippen LogP contribution in [0.15, 0.2) is 54.6 Å². The first kappa shape index (κ1) is 16.7. The molecule has 7 heteroatoms. The van der Waals surface area contributed by atoms with Crippen LogP contribution in [0.1, 0.15) is 16.1 Å². The summed E-state index contributed by atoms with van der Waals surface area (Å²) in [4.78, 5) is 21.9. The summed E-state index contributed by atoms with van der Waals surface area (Å²) in [5.41, 5.74) is 2.76. The Labute approximate surface area is 148 Å². The third kappa shape index (κ3) is 3.12. The molecule has 3 rings (SSSR count). The van der Waals surface area contributed by atoms with Gasteiger partial charge in [0.1, 0.15) is 0 Å². The summed E-state index contributed by atoms with van der Waals surface area (Å²) in [6.07, 6.45) is 0. The second-order valence-corrected chi connectivity index (χ2v) is 5.89. The highest BCUT2D eigenvalue weighted by Gasteiger charge is 2.19. The Morgan fingerprint density at radius 2 is 1.72 bits per heavy atom. The largest absolute Gasteiger partial charge is 0.478 e. The van der Waals surface area contributed by atoms with Gasteiger partial charge in [0.05, 0.1) is 16.2 Å². The van der Waals surface area contributed by atoms with Crippen LogP contribution in [0, 0.1) is 17.0 Å². The lowest BCUT2D eigenvalue weighted by Gasteiger charge is -2.12. The van der Waals surface area contributed by atoms with Crippen molar-refractivity contribution in [2.45, 2.75) is 6.92 Å². The predicted octanol–water partition coefficient (Wildman–Crippen LogP) is 4.71. The Morgan fingerprint density at radius 1 is 1.12 bits per heavy atom. The van der Waals surface area contributed by atoms with Crippen LogP contribution in [0.25, 0.3) is 16.9 Å². The average molecular weight is 357 g/mol. The number of aromatic carboxylic acids is 1. The number of benzene rings is 2. The number of carboxylic acid groups (broad SMARTS) is 1. The topological polar surface area (TPSA) is 85.4 Å². The van der Waals surface area contributed by atoms with E-state index in [4.69, 9.17) is 11.6 Å². The molecule has 126 valence electrons. The van der Waals surface area contributed by atoms with Gasteiger partial charge in [0, 0.05) is 28.5 Å². The molecule has 1 heterocycles. The Hall–Kier alpha value is -3.12. The summed E-state index contributed by atoms with van der Waals surface area (Å²) in [6.45, 7) is 1.72. The van der Waals surface area contributed by atoms with E-state index < -0.39 is 10.9 Å². The Morgan fingerprint density at radius 3 is 2.24 bits per heavy atom. The third-order valence-electron chi connectivity index (χ3n) is 3.94. The van der Waals surface area contributed by atoms with Gasteiger partial charge in [-0.15, -0.1) is 0 Å². The molecule has 0 fully saturated rings. The van der Waals surface area contributed by atoms with E-state index in [1.54, 1.807) is 54.0 Å². The quantitative estimate of drug-likeness (QED) is 0.541. The molecule has 25 heavy (non-hydrogen) atoms. The van der Waals surface area contributed by atoms with Gasteiger partial charge < -0.3 is 9.67 Å². The molecule has 0 spiro atoms. The fraction of sp³-hybridized carbons (Fsp3) is 0.0556. The summed E-state index contributed by atoms with van der Waals surface area (Å²) in [5.74, 6) is -1.03. The van der Waals surface area contributed by atoms with Crippen molar-refractivity contribution in [3.05, 3.63) is 81.0 Å². The minimum absolute atomic E-state index is 0.0245. The molecule has 6 nitrogen and oxygen atoms in total. The van der Waals surface area contributed by atoms with Crippen molar-refractivity contribution in [1.82, 2.24) is 4.57 Å². The van der Waals surface area contributed by atoms with Crippen molar-refractivity contribution < 1.29 is 14.8 Å². The number of carboxylic acids is 1. The SMILES string of the molecule is Cc1c(C(=O)O)cc(-c2ccc([N+](=O)[O-])cc2)n1-c1ccc(Cl)cc1. The first-order valence-corrected chi connectivity index (χ1v) is 7.72. The van der Waals surface area contributed by atoms with Crippen LogP contribution < -0.4 is 0 Å². The molecule has 0 saturated carbocycles. The van der Waals surface area contributed by atoms with Gasteiger partial charge in [-0.3, -0.25) is 10.1 Å². The zero-order valence-corrected chi connectivity index (χ0v) is 13.9. The molecule has 0 bridgehead atoms. The molecule has 2 aromatic carbocycles. The van der Waals surface area contributed by atoms with Gasteiger partial charge in [-0.25, -0.2) is 4.79 Å². The summed E-state index contributed by atoms with van der Waals surface area (Å²) in [7, 11) is 0. The van der Waals surface area contributed by atoms with Gasteiger partial charge in [0.2, 0.25) is 0 Å². The Kier molecular flexibility index (Phi) is 4.29. The molecule has 1 N–H and O–H groups in total. The molecular weight excluding hydrogens is 344 g/mol. The number of rotatable bonds is 4. The van der Waals surface area contributed by atoms with Gasteiger partial charge in [-0.1, -0.05) is 11.6 Å². The molecule has 0 aliphatic rings. The summed E-state index contributed by atoms with van der Waals surface area (Å²) in [5, 5.41) is 20.8. The highest BCUT2D eigenvalue weighted by atomic mass is 35.5.